The topological polar surface area (TPSA) is 237 Å². The zero-order chi connectivity index (χ0) is 72.1. The molecule has 0 bridgehead atoms. The molecule has 17 nitrogen and oxygen atoms in total. The number of rotatable bonds is 78. The number of aliphatic hydroxyl groups excluding tert-OH is 1. The van der Waals surface area contributed by atoms with Crippen molar-refractivity contribution in [1.29, 1.82) is 0 Å². The van der Waals surface area contributed by atoms with Gasteiger partial charge in [-0.1, -0.05) is 363 Å². The predicted octanol–water partition coefficient (Wildman–Crippen LogP) is 23.5. The van der Waals surface area contributed by atoms with E-state index >= 15 is 0 Å². The molecule has 0 amide bonds. The van der Waals surface area contributed by atoms with E-state index in [1.807, 2.05) is 0 Å². The summed E-state index contributed by atoms with van der Waals surface area (Å²) in [7, 11) is -9.92. The SMILES string of the molecule is CCCCCCCCCCCCCCCCCCCCCCC(=O)O[C@H](COC(=O)CCCCCCCCCCCCCCCCC)COP(=O)(O)OC[C@@H](O)COP(=O)(O)OC[C@@H](COC(=O)CCCCCCCCCC(C)C)OC(=O)CCCCCCCCCCCCC(C)C. The molecule has 0 aliphatic rings. The van der Waals surface area contributed by atoms with Gasteiger partial charge in [-0.05, 0) is 37.5 Å². The average Bonchev–Trinajstić information content (AvgIpc) is 1.04. The van der Waals surface area contributed by atoms with Crippen LogP contribution in [0.3, 0.4) is 0 Å². The third-order valence-electron chi connectivity index (χ3n) is 18.5. The van der Waals surface area contributed by atoms with E-state index in [2.05, 4.69) is 41.5 Å². The lowest BCUT2D eigenvalue weighted by molar-refractivity contribution is -0.161. The lowest BCUT2D eigenvalue weighted by Crippen LogP contribution is -2.30. The van der Waals surface area contributed by atoms with Crippen LogP contribution in [-0.4, -0.2) is 96.7 Å². The number of hydrogen-bond donors (Lipinski definition) is 3. The van der Waals surface area contributed by atoms with Crippen LogP contribution in [0.25, 0.3) is 0 Å². The minimum absolute atomic E-state index is 0.105. The number of carbonyl (C=O) groups is 4. The lowest BCUT2D eigenvalue weighted by atomic mass is 10.0. The fraction of sp³-hybridized carbons (Fsp3) is 0.949. The normalized spacial score (nSPS) is 13.9. The maximum absolute atomic E-state index is 13.1. The van der Waals surface area contributed by atoms with Gasteiger partial charge in [0.25, 0.3) is 0 Å². The third-order valence-corrected chi connectivity index (χ3v) is 20.4. The van der Waals surface area contributed by atoms with Gasteiger partial charge in [0.05, 0.1) is 26.4 Å². The van der Waals surface area contributed by atoms with E-state index in [1.54, 1.807) is 0 Å². The molecule has 0 aliphatic heterocycles. The van der Waals surface area contributed by atoms with Gasteiger partial charge in [0, 0.05) is 25.7 Å². The highest BCUT2D eigenvalue weighted by molar-refractivity contribution is 7.47. The molecule has 0 saturated heterocycles. The number of ether oxygens (including phenoxy) is 4. The summed E-state index contributed by atoms with van der Waals surface area (Å²) in [6.07, 6.45) is 59.8. The zero-order valence-electron chi connectivity index (χ0n) is 64.1. The number of carbonyl (C=O) groups excluding carboxylic acids is 4. The van der Waals surface area contributed by atoms with Gasteiger partial charge in [-0.15, -0.1) is 0 Å². The largest absolute Gasteiger partial charge is 0.472 e. The fourth-order valence-electron chi connectivity index (χ4n) is 12.2. The number of phosphoric acid groups is 2. The standard InChI is InChI=1S/C79H154O17P2/c1-7-9-11-13-15-17-19-21-23-24-25-26-27-29-31-33-38-44-51-57-63-78(83)95-74(67-89-76(81)61-55-49-43-37-32-30-28-22-20-18-16-14-12-10-8-2)69-93-97(85,86)91-65-73(80)66-92-98(87,88)94-70-75(68-90-77(82)62-56-50-46-40-42-48-54-60-72(5)6)96-79(84)64-58-52-45-39-35-34-36-41-47-53-59-71(3)4/h71-75,80H,7-70H2,1-6H3,(H,85,86)(H,87,88)/t73-,74-,75-/m1/s1. The summed E-state index contributed by atoms with van der Waals surface area (Å²) in [4.78, 5) is 72.9. The Labute approximate surface area is 600 Å². The van der Waals surface area contributed by atoms with Crippen LogP contribution in [0.5, 0.6) is 0 Å². The molecule has 0 rings (SSSR count). The number of phosphoric ester groups is 2. The molecule has 0 aromatic carbocycles. The summed E-state index contributed by atoms with van der Waals surface area (Å²) in [5, 5.41) is 10.6. The molecule has 5 atom stereocenters. The molecule has 0 aliphatic carbocycles. The summed E-state index contributed by atoms with van der Waals surface area (Å²) in [6, 6.07) is 0. The summed E-state index contributed by atoms with van der Waals surface area (Å²) in [5.41, 5.74) is 0. The molecule has 0 aromatic rings. The van der Waals surface area contributed by atoms with Gasteiger partial charge >= 0.3 is 39.5 Å². The molecule has 0 fully saturated rings. The number of hydrogen-bond acceptors (Lipinski definition) is 15. The smallest absolute Gasteiger partial charge is 0.462 e. The van der Waals surface area contributed by atoms with Crippen molar-refractivity contribution in [3.05, 3.63) is 0 Å². The maximum Gasteiger partial charge on any atom is 0.472 e. The molecule has 19 heteroatoms. The highest BCUT2D eigenvalue weighted by atomic mass is 31.2. The van der Waals surface area contributed by atoms with Crippen molar-refractivity contribution < 1.29 is 80.2 Å². The predicted molar refractivity (Wildman–Crippen MR) is 400 cm³/mol. The number of aliphatic hydroxyl groups is 1. The van der Waals surface area contributed by atoms with Gasteiger partial charge < -0.3 is 33.8 Å². The average molecular weight is 1440 g/mol. The summed E-state index contributed by atoms with van der Waals surface area (Å²) < 4.78 is 68.6. The summed E-state index contributed by atoms with van der Waals surface area (Å²) >= 11 is 0. The van der Waals surface area contributed by atoms with Crippen LogP contribution in [0.15, 0.2) is 0 Å². The second kappa shape index (κ2) is 70.7. The van der Waals surface area contributed by atoms with Gasteiger partial charge in [0.2, 0.25) is 0 Å². The monoisotopic (exact) mass is 1440 g/mol. The molecular weight excluding hydrogens is 1280 g/mol. The van der Waals surface area contributed by atoms with Crippen molar-refractivity contribution in [3.8, 4) is 0 Å². The molecule has 0 saturated carbocycles. The number of esters is 4. The highest BCUT2D eigenvalue weighted by Crippen LogP contribution is 2.45. The second-order valence-corrected chi connectivity index (χ2v) is 32.3. The van der Waals surface area contributed by atoms with Gasteiger partial charge in [0.15, 0.2) is 12.2 Å². The zero-order valence-corrected chi connectivity index (χ0v) is 65.9. The quantitative estimate of drug-likeness (QED) is 0.0222. The molecule has 0 spiro atoms. The maximum atomic E-state index is 13.1. The van der Waals surface area contributed by atoms with Crippen molar-refractivity contribution >= 4 is 39.5 Å². The van der Waals surface area contributed by atoms with Crippen LogP contribution >= 0.6 is 15.6 Å². The molecule has 98 heavy (non-hydrogen) atoms. The molecule has 3 N–H and O–H groups in total. The van der Waals surface area contributed by atoms with Crippen LogP contribution < -0.4 is 0 Å². The van der Waals surface area contributed by atoms with Gasteiger partial charge in [-0.25, -0.2) is 9.13 Å². The van der Waals surface area contributed by atoms with Crippen LogP contribution in [0.4, 0.5) is 0 Å². The Kier molecular flexibility index (Phi) is 69.3. The van der Waals surface area contributed by atoms with Crippen molar-refractivity contribution in [1.82, 2.24) is 0 Å². The second-order valence-electron chi connectivity index (χ2n) is 29.4. The lowest BCUT2D eigenvalue weighted by Gasteiger charge is -2.21. The first kappa shape index (κ1) is 96.1. The molecule has 2 unspecified atom stereocenters. The Hall–Kier alpha value is -1.94. The van der Waals surface area contributed by atoms with Crippen molar-refractivity contribution in [2.75, 3.05) is 39.6 Å². The van der Waals surface area contributed by atoms with Crippen LogP contribution in [-0.2, 0) is 65.4 Å². The molecule has 0 heterocycles. The van der Waals surface area contributed by atoms with Crippen LogP contribution in [0, 0.1) is 11.8 Å². The Morgan fingerprint density at radius 2 is 0.469 bits per heavy atom. The van der Waals surface area contributed by atoms with E-state index < -0.39 is 97.5 Å². The molecule has 0 radical (unpaired) electrons. The van der Waals surface area contributed by atoms with Crippen molar-refractivity contribution in [2.45, 2.75) is 432 Å². The highest BCUT2D eigenvalue weighted by Gasteiger charge is 2.30. The van der Waals surface area contributed by atoms with E-state index in [4.69, 9.17) is 37.0 Å². The molecular formula is C79H154O17P2. The molecule has 582 valence electrons. The Bertz CT molecular complexity index is 1890. The summed E-state index contributed by atoms with van der Waals surface area (Å²) in [5.74, 6) is -0.656. The van der Waals surface area contributed by atoms with E-state index in [-0.39, 0.29) is 25.7 Å². The minimum Gasteiger partial charge on any atom is -0.462 e. The Morgan fingerprint density at radius 3 is 0.694 bits per heavy atom. The number of unbranched alkanes of at least 4 members (excludes halogenated alkanes) is 48. The van der Waals surface area contributed by atoms with Gasteiger partial charge in [-0.2, -0.15) is 0 Å². The first-order valence-corrected chi connectivity index (χ1v) is 44.0. The Balaban J connectivity index is 5.23. The van der Waals surface area contributed by atoms with E-state index in [9.17, 15) is 43.2 Å². The van der Waals surface area contributed by atoms with Gasteiger partial charge in [0.1, 0.15) is 19.3 Å². The van der Waals surface area contributed by atoms with Gasteiger partial charge in [-0.3, -0.25) is 37.3 Å². The Morgan fingerprint density at radius 1 is 0.276 bits per heavy atom. The van der Waals surface area contributed by atoms with Crippen LogP contribution in [0.1, 0.15) is 414 Å². The summed E-state index contributed by atoms with van der Waals surface area (Å²) in [6.45, 7) is 9.55. The fourth-order valence-corrected chi connectivity index (χ4v) is 13.8. The van der Waals surface area contributed by atoms with Crippen molar-refractivity contribution in [2.24, 2.45) is 11.8 Å². The first-order valence-electron chi connectivity index (χ1n) is 41.0. The third kappa shape index (κ3) is 72.4. The van der Waals surface area contributed by atoms with E-state index in [1.165, 1.54) is 225 Å². The van der Waals surface area contributed by atoms with Crippen molar-refractivity contribution in [3.63, 3.8) is 0 Å². The van der Waals surface area contributed by atoms with E-state index in [0.29, 0.717) is 31.6 Å². The van der Waals surface area contributed by atoms with E-state index in [0.717, 1.165) is 102 Å². The minimum atomic E-state index is -4.96. The molecule has 0 aromatic heterocycles. The van der Waals surface area contributed by atoms with Crippen LogP contribution in [0.2, 0.25) is 0 Å². The first-order chi connectivity index (χ1) is 47.4.